The van der Waals surface area contributed by atoms with E-state index in [9.17, 15) is 4.79 Å². The second-order valence-electron chi connectivity index (χ2n) is 3.41. The molecule has 0 bridgehead atoms. The van der Waals surface area contributed by atoms with Crippen molar-refractivity contribution >= 4 is 17.3 Å². The van der Waals surface area contributed by atoms with E-state index in [0.29, 0.717) is 24.0 Å². The fourth-order valence-electron chi connectivity index (χ4n) is 1.50. The summed E-state index contributed by atoms with van der Waals surface area (Å²) in [6, 6.07) is 1.43. The Hall–Kier alpha value is -0.980. The third-order valence-electron chi connectivity index (χ3n) is 2.40. The van der Waals surface area contributed by atoms with Gasteiger partial charge in [0.15, 0.2) is 5.78 Å². The van der Waals surface area contributed by atoms with E-state index in [0.717, 1.165) is 11.5 Å². The molecular weight excluding hydrogens is 216 g/mol. The van der Waals surface area contributed by atoms with Gasteiger partial charge in [0.2, 0.25) is 5.88 Å². The Labute approximate surface area is 91.3 Å². The first-order valence-corrected chi connectivity index (χ1v) is 5.38. The Balaban J connectivity index is 2.13. The van der Waals surface area contributed by atoms with Crippen LogP contribution in [0.3, 0.4) is 0 Å². The lowest BCUT2D eigenvalue weighted by atomic mass is 9.98. The summed E-state index contributed by atoms with van der Waals surface area (Å²) >= 11 is 1.14. The molecule has 1 aliphatic rings. The minimum atomic E-state index is -0.241. The van der Waals surface area contributed by atoms with Gasteiger partial charge in [-0.2, -0.15) is 4.37 Å². The Morgan fingerprint density at radius 2 is 2.53 bits per heavy atom. The van der Waals surface area contributed by atoms with Gasteiger partial charge in [-0.25, -0.2) is 0 Å². The number of carbonyl (C=O) groups excluding carboxylic acids is 1. The van der Waals surface area contributed by atoms with Gasteiger partial charge in [-0.3, -0.25) is 4.79 Å². The highest BCUT2D eigenvalue weighted by Crippen LogP contribution is 2.23. The lowest BCUT2D eigenvalue weighted by molar-refractivity contribution is 0.0900. The third kappa shape index (κ3) is 2.01. The van der Waals surface area contributed by atoms with E-state index in [-0.39, 0.29) is 17.7 Å². The molecule has 1 aliphatic heterocycles. The summed E-state index contributed by atoms with van der Waals surface area (Å²) in [5.74, 6) is 0.229. The van der Waals surface area contributed by atoms with Crippen LogP contribution in [-0.2, 0) is 4.74 Å². The van der Waals surface area contributed by atoms with Gasteiger partial charge in [-0.1, -0.05) is 0 Å². The van der Waals surface area contributed by atoms with Crippen molar-refractivity contribution in [3.8, 4) is 5.88 Å². The van der Waals surface area contributed by atoms with E-state index in [1.54, 1.807) is 6.07 Å². The van der Waals surface area contributed by atoms with Crippen molar-refractivity contribution in [1.82, 2.24) is 4.37 Å². The van der Waals surface area contributed by atoms with Gasteiger partial charge in [-0.05, 0) is 11.5 Å². The van der Waals surface area contributed by atoms with Crippen molar-refractivity contribution in [3.63, 3.8) is 0 Å². The van der Waals surface area contributed by atoms with E-state index >= 15 is 0 Å². The van der Waals surface area contributed by atoms with Gasteiger partial charge in [0, 0.05) is 12.1 Å². The maximum atomic E-state index is 11.9. The van der Waals surface area contributed by atoms with E-state index in [2.05, 4.69) is 4.37 Å². The number of hydrogen-bond donors (Lipinski definition) is 1. The van der Waals surface area contributed by atoms with Crippen LogP contribution in [0, 0.1) is 5.92 Å². The normalized spacial score (nSPS) is 25.5. The van der Waals surface area contributed by atoms with Crippen LogP contribution in [0.15, 0.2) is 6.07 Å². The third-order valence-corrected chi connectivity index (χ3v) is 3.19. The van der Waals surface area contributed by atoms with Gasteiger partial charge in [-0.15, -0.1) is 0 Å². The second kappa shape index (κ2) is 4.26. The maximum absolute atomic E-state index is 11.9. The molecule has 15 heavy (non-hydrogen) atoms. The summed E-state index contributed by atoms with van der Waals surface area (Å²) in [5, 5.41) is 0. The number of ether oxygens (including phenoxy) is 2. The highest BCUT2D eigenvalue weighted by Gasteiger charge is 2.33. The SMILES string of the molecule is COc1cc(C(=O)C2COCC2N)sn1. The van der Waals surface area contributed by atoms with Crippen molar-refractivity contribution in [1.29, 1.82) is 0 Å². The minimum Gasteiger partial charge on any atom is -0.480 e. The lowest BCUT2D eigenvalue weighted by Gasteiger charge is -2.09. The molecule has 5 nitrogen and oxygen atoms in total. The van der Waals surface area contributed by atoms with Crippen LogP contribution in [0.4, 0.5) is 0 Å². The number of ketones is 1. The van der Waals surface area contributed by atoms with Crippen LogP contribution in [0.2, 0.25) is 0 Å². The number of nitrogens with zero attached hydrogens (tertiary/aromatic N) is 1. The zero-order valence-corrected chi connectivity index (χ0v) is 9.12. The molecule has 1 aromatic heterocycles. The molecule has 1 saturated heterocycles. The molecule has 1 fully saturated rings. The van der Waals surface area contributed by atoms with Crippen LogP contribution in [0.1, 0.15) is 9.67 Å². The molecule has 2 heterocycles. The summed E-state index contributed by atoms with van der Waals surface area (Å²) in [5.41, 5.74) is 5.76. The zero-order valence-electron chi connectivity index (χ0n) is 8.30. The molecular formula is C9H12N2O3S. The summed E-state index contributed by atoms with van der Waals surface area (Å²) in [7, 11) is 1.52. The number of methoxy groups -OCH3 is 1. The quantitative estimate of drug-likeness (QED) is 0.753. The van der Waals surface area contributed by atoms with E-state index in [1.807, 2.05) is 0 Å². The number of Topliss-reactive ketones (excluding diaryl/α,β-unsaturated/α-hetero) is 1. The Morgan fingerprint density at radius 3 is 3.07 bits per heavy atom. The van der Waals surface area contributed by atoms with Gasteiger partial charge in [0.25, 0.3) is 0 Å². The molecule has 2 rings (SSSR count). The zero-order chi connectivity index (χ0) is 10.8. The number of carbonyl (C=O) groups is 1. The van der Waals surface area contributed by atoms with E-state index in [1.165, 1.54) is 7.11 Å². The Bertz CT molecular complexity index is 366. The number of aromatic nitrogens is 1. The molecule has 0 radical (unpaired) electrons. The van der Waals surface area contributed by atoms with Gasteiger partial charge < -0.3 is 15.2 Å². The molecule has 0 saturated carbocycles. The van der Waals surface area contributed by atoms with Crippen LogP contribution in [-0.4, -0.2) is 36.5 Å². The second-order valence-corrected chi connectivity index (χ2v) is 4.21. The monoisotopic (exact) mass is 228 g/mol. The smallest absolute Gasteiger partial charge is 0.225 e. The van der Waals surface area contributed by atoms with Crippen LogP contribution in [0.5, 0.6) is 5.88 Å². The number of rotatable bonds is 3. The molecule has 2 unspecified atom stereocenters. The fraction of sp³-hybridized carbons (Fsp3) is 0.556. The average molecular weight is 228 g/mol. The molecule has 2 N–H and O–H groups in total. The maximum Gasteiger partial charge on any atom is 0.225 e. The molecule has 0 aliphatic carbocycles. The molecule has 0 amide bonds. The Morgan fingerprint density at radius 1 is 1.73 bits per heavy atom. The van der Waals surface area contributed by atoms with Crippen LogP contribution < -0.4 is 10.5 Å². The average Bonchev–Trinajstić information content (AvgIpc) is 2.84. The highest BCUT2D eigenvalue weighted by atomic mass is 32.1. The molecule has 0 spiro atoms. The number of nitrogens with two attached hydrogens (primary N) is 1. The van der Waals surface area contributed by atoms with Crippen LogP contribution >= 0.6 is 11.5 Å². The molecule has 82 valence electrons. The first kappa shape index (κ1) is 10.5. The van der Waals surface area contributed by atoms with Crippen molar-refractivity contribution < 1.29 is 14.3 Å². The predicted octanol–water partition coefficient (Wildman–Crippen LogP) is 0.308. The van der Waals surface area contributed by atoms with Gasteiger partial charge >= 0.3 is 0 Å². The van der Waals surface area contributed by atoms with Crippen molar-refractivity contribution in [2.75, 3.05) is 20.3 Å². The Kier molecular flexibility index (Phi) is 2.99. The highest BCUT2D eigenvalue weighted by molar-refractivity contribution is 7.08. The van der Waals surface area contributed by atoms with E-state index in [4.69, 9.17) is 15.2 Å². The van der Waals surface area contributed by atoms with Crippen molar-refractivity contribution in [2.24, 2.45) is 11.7 Å². The fourth-order valence-corrected chi connectivity index (χ4v) is 2.21. The first-order chi connectivity index (χ1) is 7.22. The predicted molar refractivity (Wildman–Crippen MR) is 55.3 cm³/mol. The summed E-state index contributed by atoms with van der Waals surface area (Å²) in [6.45, 7) is 0.854. The largest absolute Gasteiger partial charge is 0.480 e. The summed E-state index contributed by atoms with van der Waals surface area (Å²) in [4.78, 5) is 12.5. The molecule has 1 aromatic rings. The topological polar surface area (TPSA) is 74.4 Å². The molecule has 6 heteroatoms. The van der Waals surface area contributed by atoms with Gasteiger partial charge in [0.1, 0.15) is 0 Å². The summed E-state index contributed by atoms with van der Waals surface area (Å²) in [6.07, 6.45) is 0. The van der Waals surface area contributed by atoms with Crippen molar-refractivity contribution in [2.45, 2.75) is 6.04 Å². The lowest BCUT2D eigenvalue weighted by Crippen LogP contribution is -2.33. The minimum absolute atomic E-state index is 0.000741. The van der Waals surface area contributed by atoms with Crippen LogP contribution in [0.25, 0.3) is 0 Å². The molecule has 0 aromatic carbocycles. The number of hydrogen-bond acceptors (Lipinski definition) is 6. The van der Waals surface area contributed by atoms with Crippen molar-refractivity contribution in [3.05, 3.63) is 10.9 Å². The standard InChI is InChI=1S/C9H12N2O3S/c1-13-8-2-7(15-11-8)9(12)5-3-14-4-6(5)10/h2,5-6H,3-4,10H2,1H3. The van der Waals surface area contributed by atoms with E-state index < -0.39 is 0 Å². The van der Waals surface area contributed by atoms with Gasteiger partial charge in [0.05, 0.1) is 31.1 Å². The summed E-state index contributed by atoms with van der Waals surface area (Å²) < 4.78 is 14.0. The first-order valence-electron chi connectivity index (χ1n) is 4.60. The molecule has 2 atom stereocenters.